The molecule has 0 aromatic heterocycles. The Bertz CT molecular complexity index is 397. The molecule has 4 heteroatoms. The zero-order valence-corrected chi connectivity index (χ0v) is 8.64. The van der Waals surface area contributed by atoms with Crippen LogP contribution in [-0.2, 0) is 4.79 Å². The Morgan fingerprint density at radius 3 is 2.53 bits per heavy atom. The molecule has 0 aliphatic rings. The second kappa shape index (κ2) is 4.13. The minimum absolute atomic E-state index is 0.0856. The number of phenols is 1. The van der Waals surface area contributed by atoms with Crippen molar-refractivity contribution in [3.8, 4) is 5.75 Å². The van der Waals surface area contributed by atoms with E-state index >= 15 is 0 Å². The third kappa shape index (κ3) is 2.80. The van der Waals surface area contributed by atoms with E-state index in [1.165, 1.54) is 26.1 Å². The fourth-order valence-corrected chi connectivity index (χ4v) is 0.883. The van der Waals surface area contributed by atoms with Gasteiger partial charge in [-0.15, -0.1) is 0 Å². The summed E-state index contributed by atoms with van der Waals surface area (Å²) in [7, 11) is 0. The highest BCUT2D eigenvalue weighted by Gasteiger charge is 2.24. The second-order valence-corrected chi connectivity index (χ2v) is 3.68. The number of carboxylic acids is 1. The van der Waals surface area contributed by atoms with Crippen LogP contribution in [0.25, 0.3) is 0 Å². The molecule has 0 saturated carbocycles. The molecule has 0 aliphatic carbocycles. The van der Waals surface area contributed by atoms with E-state index in [0.717, 1.165) is 0 Å². The van der Waals surface area contributed by atoms with Gasteiger partial charge in [-0.1, -0.05) is 12.1 Å². The molecule has 0 aliphatic heterocycles. The van der Waals surface area contributed by atoms with Gasteiger partial charge < -0.3 is 10.2 Å². The Hall–Kier alpha value is -1.84. The first-order valence-electron chi connectivity index (χ1n) is 4.50. The summed E-state index contributed by atoms with van der Waals surface area (Å²) < 4.78 is 0. The molecule has 0 unspecified atom stereocenters. The molecule has 0 atom stereocenters. The molecule has 0 amide bonds. The average molecular weight is 207 g/mol. The smallest absolute Gasteiger partial charge is 0.330 e. The van der Waals surface area contributed by atoms with E-state index in [0.29, 0.717) is 5.56 Å². The molecule has 1 aromatic carbocycles. The lowest BCUT2D eigenvalue weighted by Crippen LogP contribution is -2.28. The molecular weight excluding hydrogens is 194 g/mol. The molecule has 15 heavy (non-hydrogen) atoms. The SMILES string of the molecule is CC(C)(N=Cc1ccccc1O)C(=O)O. The number of aliphatic imine (C=N–C) groups is 1. The number of rotatable bonds is 3. The van der Waals surface area contributed by atoms with E-state index in [4.69, 9.17) is 5.11 Å². The molecule has 1 aromatic rings. The van der Waals surface area contributed by atoms with E-state index in [9.17, 15) is 9.90 Å². The maximum Gasteiger partial charge on any atom is 0.330 e. The normalized spacial score (nSPS) is 11.9. The van der Waals surface area contributed by atoms with Gasteiger partial charge in [0, 0.05) is 11.8 Å². The van der Waals surface area contributed by atoms with Crippen LogP contribution in [0.3, 0.4) is 0 Å². The van der Waals surface area contributed by atoms with Crippen LogP contribution >= 0.6 is 0 Å². The van der Waals surface area contributed by atoms with Gasteiger partial charge in [-0.2, -0.15) is 0 Å². The lowest BCUT2D eigenvalue weighted by Gasteiger charge is -2.12. The van der Waals surface area contributed by atoms with Crippen molar-refractivity contribution in [3.05, 3.63) is 29.8 Å². The maximum absolute atomic E-state index is 10.8. The number of aliphatic carboxylic acids is 1. The number of benzene rings is 1. The van der Waals surface area contributed by atoms with Gasteiger partial charge in [-0.3, -0.25) is 4.99 Å². The summed E-state index contributed by atoms with van der Waals surface area (Å²) >= 11 is 0. The van der Waals surface area contributed by atoms with Gasteiger partial charge in [0.05, 0.1) is 0 Å². The third-order valence-corrected chi connectivity index (χ3v) is 1.99. The summed E-state index contributed by atoms with van der Waals surface area (Å²) in [6.45, 7) is 2.98. The van der Waals surface area contributed by atoms with E-state index in [1.807, 2.05) is 0 Å². The molecule has 0 heterocycles. The number of aromatic hydroxyl groups is 1. The predicted octanol–water partition coefficient (Wildman–Crippen LogP) is 1.67. The maximum atomic E-state index is 10.8. The molecule has 1 rings (SSSR count). The van der Waals surface area contributed by atoms with Crippen LogP contribution in [0.15, 0.2) is 29.3 Å². The summed E-state index contributed by atoms with van der Waals surface area (Å²) in [5, 5.41) is 18.2. The van der Waals surface area contributed by atoms with Crippen molar-refractivity contribution in [2.24, 2.45) is 4.99 Å². The van der Waals surface area contributed by atoms with E-state index in [1.54, 1.807) is 18.2 Å². The number of hydrogen-bond donors (Lipinski definition) is 2. The van der Waals surface area contributed by atoms with Gasteiger partial charge in [0.2, 0.25) is 0 Å². The molecule has 4 nitrogen and oxygen atoms in total. The minimum Gasteiger partial charge on any atom is -0.507 e. The van der Waals surface area contributed by atoms with Crippen LogP contribution in [0.2, 0.25) is 0 Å². The van der Waals surface area contributed by atoms with Gasteiger partial charge in [0.25, 0.3) is 0 Å². The van der Waals surface area contributed by atoms with E-state index in [2.05, 4.69) is 4.99 Å². The standard InChI is InChI=1S/C11H13NO3/c1-11(2,10(14)15)12-7-8-5-3-4-6-9(8)13/h3-7,13H,1-2H3,(H,14,15). The first-order valence-corrected chi connectivity index (χ1v) is 4.50. The molecule has 0 bridgehead atoms. The Balaban J connectivity index is 2.92. The summed E-state index contributed by atoms with van der Waals surface area (Å²) in [6, 6.07) is 6.62. The van der Waals surface area contributed by atoms with Gasteiger partial charge in [0.15, 0.2) is 5.54 Å². The fraction of sp³-hybridized carbons (Fsp3) is 0.273. The highest BCUT2D eigenvalue weighted by molar-refractivity contribution is 5.87. The van der Waals surface area contributed by atoms with Gasteiger partial charge in [0.1, 0.15) is 5.75 Å². The first kappa shape index (κ1) is 11.2. The van der Waals surface area contributed by atoms with E-state index in [-0.39, 0.29) is 5.75 Å². The Labute approximate surface area is 87.9 Å². The summed E-state index contributed by atoms with van der Waals surface area (Å²) in [5.74, 6) is -0.920. The van der Waals surface area contributed by atoms with Crippen LogP contribution in [0, 0.1) is 0 Å². The van der Waals surface area contributed by atoms with Gasteiger partial charge in [-0.05, 0) is 26.0 Å². The molecule has 80 valence electrons. The van der Waals surface area contributed by atoms with Crippen LogP contribution in [0.4, 0.5) is 0 Å². The number of para-hydroxylation sites is 1. The van der Waals surface area contributed by atoms with Crippen LogP contribution in [0.1, 0.15) is 19.4 Å². The predicted molar refractivity (Wildman–Crippen MR) is 57.4 cm³/mol. The van der Waals surface area contributed by atoms with Crippen molar-refractivity contribution >= 4 is 12.2 Å². The van der Waals surface area contributed by atoms with Crippen molar-refractivity contribution in [2.75, 3.05) is 0 Å². The number of hydrogen-bond acceptors (Lipinski definition) is 3. The van der Waals surface area contributed by atoms with Crippen molar-refractivity contribution in [3.63, 3.8) is 0 Å². The molecular formula is C11H13NO3. The second-order valence-electron chi connectivity index (χ2n) is 3.68. The molecule has 0 saturated heterocycles. The lowest BCUT2D eigenvalue weighted by molar-refractivity contribution is -0.141. The minimum atomic E-state index is -1.18. The quantitative estimate of drug-likeness (QED) is 0.741. The van der Waals surface area contributed by atoms with Crippen molar-refractivity contribution in [2.45, 2.75) is 19.4 Å². The number of phenolic OH excluding ortho intramolecular Hbond substituents is 1. The largest absolute Gasteiger partial charge is 0.507 e. The highest BCUT2D eigenvalue weighted by atomic mass is 16.4. The molecule has 0 fully saturated rings. The van der Waals surface area contributed by atoms with Crippen molar-refractivity contribution in [1.82, 2.24) is 0 Å². The summed E-state index contributed by atoms with van der Waals surface area (Å²) in [5.41, 5.74) is -0.672. The molecule has 2 N–H and O–H groups in total. The zero-order chi connectivity index (χ0) is 11.5. The Morgan fingerprint density at radius 2 is 2.00 bits per heavy atom. The number of carboxylic acid groups (broad SMARTS) is 1. The average Bonchev–Trinajstić information content (AvgIpc) is 2.16. The highest BCUT2D eigenvalue weighted by Crippen LogP contribution is 2.15. The van der Waals surface area contributed by atoms with Crippen molar-refractivity contribution in [1.29, 1.82) is 0 Å². The first-order chi connectivity index (χ1) is 6.93. The summed E-state index contributed by atoms with van der Waals surface area (Å²) in [6.07, 6.45) is 1.36. The Morgan fingerprint density at radius 1 is 1.40 bits per heavy atom. The van der Waals surface area contributed by atoms with Crippen LogP contribution in [-0.4, -0.2) is 27.9 Å². The third-order valence-electron chi connectivity index (χ3n) is 1.99. The number of nitrogens with zero attached hydrogens (tertiary/aromatic N) is 1. The summed E-state index contributed by atoms with van der Waals surface area (Å²) in [4.78, 5) is 14.7. The van der Waals surface area contributed by atoms with Gasteiger partial charge in [-0.25, -0.2) is 4.79 Å². The molecule has 0 spiro atoms. The van der Waals surface area contributed by atoms with Gasteiger partial charge >= 0.3 is 5.97 Å². The zero-order valence-electron chi connectivity index (χ0n) is 8.64. The molecule has 0 radical (unpaired) electrons. The van der Waals surface area contributed by atoms with Crippen LogP contribution in [0.5, 0.6) is 5.75 Å². The van der Waals surface area contributed by atoms with E-state index < -0.39 is 11.5 Å². The topological polar surface area (TPSA) is 69.9 Å². The monoisotopic (exact) mass is 207 g/mol. The fourth-order valence-electron chi connectivity index (χ4n) is 0.883. The number of carbonyl (C=O) groups is 1. The Kier molecular flexibility index (Phi) is 3.09. The lowest BCUT2D eigenvalue weighted by atomic mass is 10.1. The van der Waals surface area contributed by atoms with Crippen molar-refractivity contribution < 1.29 is 15.0 Å². The van der Waals surface area contributed by atoms with Crippen LogP contribution < -0.4 is 0 Å².